The van der Waals surface area contributed by atoms with Crippen LogP contribution in [0.4, 0.5) is 0 Å². The van der Waals surface area contributed by atoms with Gasteiger partial charge in [0.2, 0.25) is 0 Å². The molecule has 1 fully saturated rings. The lowest BCUT2D eigenvalue weighted by Gasteiger charge is -2.41. The van der Waals surface area contributed by atoms with Gasteiger partial charge in [-0.3, -0.25) is 14.7 Å². The van der Waals surface area contributed by atoms with E-state index in [0.29, 0.717) is 12.8 Å². The molecular weight excluding hydrogens is 472 g/mol. The number of thioether (sulfide) groups is 1. The lowest BCUT2D eigenvalue weighted by Crippen LogP contribution is -2.52. The Labute approximate surface area is 217 Å². The van der Waals surface area contributed by atoms with Crippen molar-refractivity contribution in [1.82, 2.24) is 10.2 Å². The highest BCUT2D eigenvalue weighted by Crippen LogP contribution is 2.42. The molecule has 7 heteroatoms. The first-order chi connectivity index (χ1) is 16.9. The van der Waals surface area contributed by atoms with Crippen molar-refractivity contribution in [2.75, 3.05) is 0 Å². The van der Waals surface area contributed by atoms with Gasteiger partial charge in [-0.05, 0) is 71.6 Å². The van der Waals surface area contributed by atoms with Crippen molar-refractivity contribution in [1.29, 1.82) is 0 Å². The molecule has 2 N–H and O–H groups in total. The highest BCUT2D eigenvalue weighted by Gasteiger charge is 2.49. The predicted octanol–water partition coefficient (Wildman–Crippen LogP) is 5.67. The highest BCUT2D eigenvalue weighted by molar-refractivity contribution is 8.01. The van der Waals surface area contributed by atoms with Gasteiger partial charge in [0.25, 0.3) is 0 Å². The molecule has 1 aliphatic heterocycles. The fourth-order valence-electron chi connectivity index (χ4n) is 4.88. The highest BCUT2D eigenvalue weighted by atomic mass is 32.2. The second kappa shape index (κ2) is 10.0. The van der Waals surface area contributed by atoms with Crippen LogP contribution in [0.2, 0.25) is 0 Å². The Balaban J connectivity index is 1.55. The van der Waals surface area contributed by atoms with Gasteiger partial charge in [-0.25, -0.2) is 0 Å². The van der Waals surface area contributed by atoms with Gasteiger partial charge in [0.05, 0.1) is 18.3 Å². The van der Waals surface area contributed by atoms with Gasteiger partial charge in [-0.2, -0.15) is 5.10 Å². The summed E-state index contributed by atoms with van der Waals surface area (Å²) in [4.78, 5) is 27.7. The fourth-order valence-corrected chi connectivity index (χ4v) is 6.23. The van der Waals surface area contributed by atoms with Crippen LogP contribution in [-0.4, -0.2) is 37.9 Å². The monoisotopic (exact) mass is 508 g/mol. The van der Waals surface area contributed by atoms with Crippen LogP contribution >= 0.6 is 11.8 Å². The van der Waals surface area contributed by atoms with E-state index in [4.69, 9.17) is 4.74 Å². The molecule has 1 aliphatic rings. The topological polar surface area (TPSA) is 92.3 Å². The number of nitrogens with zero attached hydrogens (tertiary/aromatic N) is 1. The number of aryl methyl sites for hydroxylation is 2. The second-order valence-corrected chi connectivity index (χ2v) is 12.4. The molecule has 1 saturated heterocycles. The molecule has 2 aromatic carbocycles. The van der Waals surface area contributed by atoms with E-state index in [1.807, 2.05) is 45.0 Å². The zero-order valence-electron chi connectivity index (χ0n) is 22.0. The maximum Gasteiger partial charge on any atom is 0.327 e. The van der Waals surface area contributed by atoms with Crippen molar-refractivity contribution in [3.63, 3.8) is 0 Å². The molecule has 2 atom stereocenters. The first-order valence-corrected chi connectivity index (χ1v) is 13.4. The van der Waals surface area contributed by atoms with E-state index in [2.05, 4.69) is 37.0 Å². The number of carbonyl (C=O) groups is 2. The minimum Gasteiger partial charge on any atom is -0.457 e. The second-order valence-electron chi connectivity index (χ2n) is 11.3. The van der Waals surface area contributed by atoms with Gasteiger partial charge in [0, 0.05) is 16.7 Å². The third-order valence-electron chi connectivity index (χ3n) is 7.34. The number of hydrogen-bond acceptors (Lipinski definition) is 6. The number of rotatable bonds is 7. The van der Waals surface area contributed by atoms with Crippen molar-refractivity contribution in [2.45, 2.75) is 88.6 Å². The number of Topliss-reactive ketones (excluding diaryl/α,β-unsaturated/α-hetero) is 1. The summed E-state index contributed by atoms with van der Waals surface area (Å²) >= 11 is 1.28. The molecule has 0 aliphatic carbocycles. The molecule has 0 bridgehead atoms. The van der Waals surface area contributed by atoms with E-state index >= 15 is 0 Å². The summed E-state index contributed by atoms with van der Waals surface area (Å²) in [5, 5.41) is 16.9. The predicted molar refractivity (Wildman–Crippen MR) is 143 cm³/mol. The number of aliphatic hydroxyl groups is 1. The van der Waals surface area contributed by atoms with Gasteiger partial charge in [-0.15, -0.1) is 11.8 Å². The van der Waals surface area contributed by atoms with Crippen molar-refractivity contribution in [3.05, 3.63) is 58.8 Å². The number of ketones is 1. The Bertz CT molecular complexity index is 1270. The number of ether oxygens (including phenoxy) is 1. The van der Waals surface area contributed by atoms with Gasteiger partial charge < -0.3 is 9.84 Å². The molecule has 1 aromatic heterocycles. The van der Waals surface area contributed by atoms with Crippen LogP contribution in [0.5, 0.6) is 0 Å². The van der Waals surface area contributed by atoms with E-state index < -0.39 is 16.8 Å². The van der Waals surface area contributed by atoms with E-state index in [1.54, 1.807) is 6.20 Å². The summed E-state index contributed by atoms with van der Waals surface area (Å²) in [6, 6.07) is 10.1. The van der Waals surface area contributed by atoms with Gasteiger partial charge in [0.1, 0.15) is 5.60 Å². The molecule has 2 heterocycles. The summed E-state index contributed by atoms with van der Waals surface area (Å²) < 4.78 is 6.15. The standard InChI is InChI=1S/C29H36N2O4S/c1-17(2)29(10-9-19-7-8-23-20(12-19)15-30-31-23)14-24(33)26(27(34)35-29)36-25-11-18(3)21(16-32)13-22(25)28(4,5)6/h7-8,11-13,15,17,26,32H,9-10,14,16H2,1-6H3,(H,30,31). The lowest BCUT2D eigenvalue weighted by molar-refractivity contribution is -0.176. The lowest BCUT2D eigenvalue weighted by atomic mass is 9.78. The quantitative estimate of drug-likeness (QED) is 0.316. The SMILES string of the molecule is Cc1cc(SC2C(=O)CC(CCc3ccc4[nH]ncc4c3)(C(C)C)OC2=O)c(C(C)(C)C)cc1CO. The van der Waals surface area contributed by atoms with E-state index in [0.717, 1.165) is 38.1 Å². The van der Waals surface area contributed by atoms with Gasteiger partial charge in [-0.1, -0.05) is 46.8 Å². The maximum atomic E-state index is 13.5. The van der Waals surface area contributed by atoms with Gasteiger partial charge >= 0.3 is 5.97 Å². The molecule has 0 radical (unpaired) electrons. The molecule has 2 unspecified atom stereocenters. The number of esters is 1. The van der Waals surface area contributed by atoms with Crippen LogP contribution in [0.3, 0.4) is 0 Å². The third-order valence-corrected chi connectivity index (χ3v) is 8.62. The number of fused-ring (bicyclic) bond motifs is 1. The molecule has 0 amide bonds. The van der Waals surface area contributed by atoms with Crippen LogP contribution in [0.25, 0.3) is 10.9 Å². The Morgan fingerprint density at radius 2 is 1.97 bits per heavy atom. The molecule has 3 aromatic rings. The number of H-pyrrole nitrogens is 1. The molecule has 36 heavy (non-hydrogen) atoms. The average Bonchev–Trinajstić information content (AvgIpc) is 3.27. The zero-order valence-corrected chi connectivity index (χ0v) is 22.8. The largest absolute Gasteiger partial charge is 0.457 e. The summed E-state index contributed by atoms with van der Waals surface area (Å²) in [5.74, 6) is -0.539. The van der Waals surface area contributed by atoms with E-state index in [-0.39, 0.29) is 30.1 Å². The van der Waals surface area contributed by atoms with Crippen molar-refractivity contribution < 1.29 is 19.4 Å². The van der Waals surface area contributed by atoms with E-state index in [1.165, 1.54) is 11.8 Å². The summed E-state index contributed by atoms with van der Waals surface area (Å²) in [6.45, 7) is 12.2. The fraction of sp³-hybridized carbons (Fsp3) is 0.483. The summed E-state index contributed by atoms with van der Waals surface area (Å²) in [5.41, 5.74) is 3.88. The Hall–Kier alpha value is -2.64. The molecule has 192 valence electrons. The minimum atomic E-state index is -0.889. The van der Waals surface area contributed by atoms with Crippen LogP contribution in [0, 0.1) is 12.8 Å². The molecule has 6 nitrogen and oxygen atoms in total. The normalized spacial score (nSPS) is 20.8. The van der Waals surface area contributed by atoms with Gasteiger partial charge in [0.15, 0.2) is 11.0 Å². The summed E-state index contributed by atoms with van der Waals surface area (Å²) in [7, 11) is 0. The smallest absolute Gasteiger partial charge is 0.327 e. The van der Waals surface area contributed by atoms with Crippen molar-refractivity contribution in [2.24, 2.45) is 5.92 Å². The minimum absolute atomic E-state index is 0.00484. The van der Waals surface area contributed by atoms with Crippen LogP contribution < -0.4 is 0 Å². The van der Waals surface area contributed by atoms with Crippen LogP contribution in [0.1, 0.15) is 69.7 Å². The number of aliphatic hydroxyl groups excluding tert-OH is 1. The molecular formula is C29H36N2O4S. The first-order valence-electron chi connectivity index (χ1n) is 12.5. The number of aromatic nitrogens is 2. The Morgan fingerprint density at radius 1 is 1.22 bits per heavy atom. The van der Waals surface area contributed by atoms with Crippen LogP contribution in [-0.2, 0) is 32.8 Å². The Morgan fingerprint density at radius 3 is 2.61 bits per heavy atom. The molecule has 0 saturated carbocycles. The first kappa shape index (κ1) is 26.4. The number of nitrogens with one attached hydrogen (secondary N) is 1. The van der Waals surface area contributed by atoms with Crippen LogP contribution in [0.15, 0.2) is 41.4 Å². The summed E-state index contributed by atoms with van der Waals surface area (Å²) in [6.07, 6.45) is 3.29. The number of cyclic esters (lactones) is 1. The number of hydrogen-bond donors (Lipinski definition) is 2. The van der Waals surface area contributed by atoms with E-state index in [9.17, 15) is 14.7 Å². The number of carbonyl (C=O) groups excluding carboxylic acids is 2. The third kappa shape index (κ3) is 5.23. The zero-order chi connectivity index (χ0) is 26.3. The maximum absolute atomic E-state index is 13.5. The molecule has 0 spiro atoms. The molecule has 4 rings (SSSR count). The van der Waals surface area contributed by atoms with Crippen molar-refractivity contribution >= 4 is 34.4 Å². The van der Waals surface area contributed by atoms with Crippen molar-refractivity contribution in [3.8, 4) is 0 Å². The number of benzene rings is 2. The Kier molecular flexibility index (Phi) is 7.35. The average molecular weight is 509 g/mol. The number of aromatic amines is 1.